The Bertz CT molecular complexity index is 437. The van der Waals surface area contributed by atoms with Crippen molar-refractivity contribution in [2.75, 3.05) is 6.54 Å². The second-order valence-electron chi connectivity index (χ2n) is 7.24. The number of hydrogen-bond donors (Lipinski definition) is 1. The molecule has 2 N–H and O–H groups in total. The van der Waals surface area contributed by atoms with Crippen molar-refractivity contribution < 1.29 is 0 Å². The van der Waals surface area contributed by atoms with Gasteiger partial charge in [-0.05, 0) is 48.6 Å². The molecule has 0 heterocycles. The van der Waals surface area contributed by atoms with Crippen LogP contribution in [0.2, 0.25) is 0 Å². The third-order valence-corrected chi connectivity index (χ3v) is 5.94. The monoisotopic (exact) mass is 271 g/mol. The second-order valence-corrected chi connectivity index (χ2v) is 7.24. The predicted molar refractivity (Wildman–Crippen MR) is 86.0 cm³/mol. The van der Waals surface area contributed by atoms with Crippen LogP contribution in [0.3, 0.4) is 0 Å². The minimum atomic E-state index is 0.291. The van der Waals surface area contributed by atoms with Crippen LogP contribution >= 0.6 is 0 Å². The molecule has 0 unspecified atom stereocenters. The maximum atomic E-state index is 6.22. The lowest BCUT2D eigenvalue weighted by molar-refractivity contribution is 0.342. The Kier molecular flexibility index (Phi) is 4.16. The van der Waals surface area contributed by atoms with Gasteiger partial charge in [-0.25, -0.2) is 0 Å². The Morgan fingerprint density at radius 3 is 2.35 bits per heavy atom. The zero-order chi connectivity index (χ0) is 14.0. The molecular weight excluding hydrogens is 242 g/mol. The summed E-state index contributed by atoms with van der Waals surface area (Å²) in [6.07, 6.45) is 10.8. The van der Waals surface area contributed by atoms with Crippen molar-refractivity contribution in [2.45, 2.75) is 69.6 Å². The van der Waals surface area contributed by atoms with Gasteiger partial charge in [0.2, 0.25) is 0 Å². The van der Waals surface area contributed by atoms with Crippen molar-refractivity contribution in [1.82, 2.24) is 0 Å². The van der Waals surface area contributed by atoms with Gasteiger partial charge in [0.05, 0.1) is 0 Å². The third kappa shape index (κ3) is 2.53. The van der Waals surface area contributed by atoms with Crippen molar-refractivity contribution in [2.24, 2.45) is 11.7 Å². The summed E-state index contributed by atoms with van der Waals surface area (Å²) in [5.41, 5.74) is 9.74. The molecule has 3 rings (SSSR count). The second kappa shape index (κ2) is 5.89. The number of benzene rings is 1. The van der Waals surface area contributed by atoms with Crippen molar-refractivity contribution in [1.29, 1.82) is 0 Å². The highest BCUT2D eigenvalue weighted by Crippen LogP contribution is 2.45. The molecule has 0 spiro atoms. The van der Waals surface area contributed by atoms with Crippen LogP contribution in [0.4, 0.5) is 0 Å². The highest BCUT2D eigenvalue weighted by atomic mass is 14.6. The zero-order valence-electron chi connectivity index (χ0n) is 12.9. The van der Waals surface area contributed by atoms with E-state index in [0.29, 0.717) is 5.41 Å². The fourth-order valence-corrected chi connectivity index (χ4v) is 4.54. The summed E-state index contributed by atoms with van der Waals surface area (Å²) >= 11 is 0. The van der Waals surface area contributed by atoms with Gasteiger partial charge < -0.3 is 5.73 Å². The molecule has 0 atom stereocenters. The lowest BCUT2D eigenvalue weighted by atomic mass is 9.71. The molecule has 2 aliphatic carbocycles. The Hall–Kier alpha value is -0.820. The Balaban J connectivity index is 1.92. The quantitative estimate of drug-likeness (QED) is 0.843. The molecule has 0 aromatic heterocycles. The molecule has 0 bridgehead atoms. The first-order valence-electron chi connectivity index (χ1n) is 8.55. The molecule has 2 aliphatic rings. The molecule has 2 saturated carbocycles. The molecule has 110 valence electrons. The summed E-state index contributed by atoms with van der Waals surface area (Å²) in [5, 5.41) is 0. The Morgan fingerprint density at radius 2 is 1.70 bits per heavy atom. The van der Waals surface area contributed by atoms with Crippen LogP contribution in [0.1, 0.15) is 75.3 Å². The van der Waals surface area contributed by atoms with E-state index in [9.17, 15) is 0 Å². The van der Waals surface area contributed by atoms with Crippen LogP contribution in [0, 0.1) is 5.92 Å². The van der Waals surface area contributed by atoms with Crippen LogP contribution in [-0.2, 0) is 5.41 Å². The Morgan fingerprint density at radius 1 is 1.05 bits per heavy atom. The molecule has 1 nitrogen and oxygen atoms in total. The minimum Gasteiger partial charge on any atom is -0.330 e. The summed E-state index contributed by atoms with van der Waals surface area (Å²) in [4.78, 5) is 0. The minimum absolute atomic E-state index is 0.291. The molecule has 0 saturated heterocycles. The van der Waals surface area contributed by atoms with Crippen molar-refractivity contribution in [3.05, 3.63) is 35.4 Å². The average molecular weight is 271 g/mol. The predicted octanol–water partition coefficient (Wildman–Crippen LogP) is 4.75. The molecule has 0 amide bonds. The van der Waals surface area contributed by atoms with E-state index in [-0.39, 0.29) is 0 Å². The van der Waals surface area contributed by atoms with Crippen molar-refractivity contribution in [3.63, 3.8) is 0 Å². The van der Waals surface area contributed by atoms with Crippen LogP contribution < -0.4 is 5.73 Å². The molecule has 2 fully saturated rings. The van der Waals surface area contributed by atoms with Gasteiger partial charge in [-0.15, -0.1) is 0 Å². The maximum absolute atomic E-state index is 6.22. The zero-order valence-corrected chi connectivity index (χ0v) is 12.9. The van der Waals surface area contributed by atoms with Gasteiger partial charge in [-0.2, -0.15) is 0 Å². The van der Waals surface area contributed by atoms with Crippen LogP contribution in [0.25, 0.3) is 0 Å². The standard InChI is InChI=1S/C19H29N/c1-15-8-10-16(11-9-15)17-6-2-3-7-18(17)19(14-20)12-4-5-13-19/h2-3,6-7,15-16H,4-5,8-14,20H2,1H3. The van der Waals surface area contributed by atoms with E-state index >= 15 is 0 Å². The van der Waals surface area contributed by atoms with E-state index in [2.05, 4.69) is 31.2 Å². The van der Waals surface area contributed by atoms with Gasteiger partial charge in [0.25, 0.3) is 0 Å². The van der Waals surface area contributed by atoms with Gasteiger partial charge in [-0.3, -0.25) is 0 Å². The SMILES string of the molecule is CC1CCC(c2ccccc2C2(CN)CCCC2)CC1. The highest BCUT2D eigenvalue weighted by Gasteiger charge is 2.37. The lowest BCUT2D eigenvalue weighted by Gasteiger charge is -2.35. The first-order chi connectivity index (χ1) is 9.75. The van der Waals surface area contributed by atoms with Crippen molar-refractivity contribution >= 4 is 0 Å². The summed E-state index contributed by atoms with van der Waals surface area (Å²) < 4.78 is 0. The van der Waals surface area contributed by atoms with Gasteiger partial charge >= 0.3 is 0 Å². The summed E-state index contributed by atoms with van der Waals surface area (Å²) in [5.74, 6) is 1.71. The lowest BCUT2D eigenvalue weighted by Crippen LogP contribution is -2.33. The summed E-state index contributed by atoms with van der Waals surface area (Å²) in [7, 11) is 0. The maximum Gasteiger partial charge on any atom is 0.00783 e. The summed E-state index contributed by atoms with van der Waals surface area (Å²) in [6.45, 7) is 3.23. The van der Waals surface area contributed by atoms with E-state index in [0.717, 1.165) is 18.4 Å². The molecule has 1 heteroatoms. The fraction of sp³-hybridized carbons (Fsp3) is 0.684. The third-order valence-electron chi connectivity index (χ3n) is 5.94. The highest BCUT2D eigenvalue weighted by molar-refractivity contribution is 5.38. The average Bonchev–Trinajstić information content (AvgIpc) is 2.98. The number of hydrogen-bond acceptors (Lipinski definition) is 1. The van der Waals surface area contributed by atoms with Gasteiger partial charge in [0.15, 0.2) is 0 Å². The molecular formula is C19H29N. The smallest absolute Gasteiger partial charge is 0.00783 e. The number of nitrogens with two attached hydrogens (primary N) is 1. The molecule has 0 aliphatic heterocycles. The van der Waals surface area contributed by atoms with Crippen molar-refractivity contribution in [3.8, 4) is 0 Å². The van der Waals surface area contributed by atoms with Gasteiger partial charge in [0.1, 0.15) is 0 Å². The normalized spacial score (nSPS) is 29.5. The van der Waals surface area contributed by atoms with Crippen LogP contribution in [0.5, 0.6) is 0 Å². The van der Waals surface area contributed by atoms with E-state index < -0.39 is 0 Å². The van der Waals surface area contributed by atoms with E-state index in [4.69, 9.17) is 5.73 Å². The van der Waals surface area contributed by atoms with Crippen LogP contribution in [0.15, 0.2) is 24.3 Å². The first kappa shape index (κ1) is 14.1. The molecule has 1 aromatic rings. The molecule has 20 heavy (non-hydrogen) atoms. The van der Waals surface area contributed by atoms with E-state index in [1.165, 1.54) is 51.4 Å². The first-order valence-corrected chi connectivity index (χ1v) is 8.55. The van der Waals surface area contributed by atoms with Gasteiger partial charge in [-0.1, -0.05) is 56.9 Å². The van der Waals surface area contributed by atoms with Gasteiger partial charge in [0, 0.05) is 12.0 Å². The topological polar surface area (TPSA) is 26.0 Å². The molecule has 1 aromatic carbocycles. The van der Waals surface area contributed by atoms with E-state index in [1.807, 2.05) is 0 Å². The largest absolute Gasteiger partial charge is 0.330 e. The Labute approximate surface area is 124 Å². The summed E-state index contributed by atoms with van der Waals surface area (Å²) in [6, 6.07) is 9.23. The van der Waals surface area contributed by atoms with E-state index in [1.54, 1.807) is 11.1 Å². The number of rotatable bonds is 3. The fourth-order valence-electron chi connectivity index (χ4n) is 4.54. The molecule has 0 radical (unpaired) electrons. The van der Waals surface area contributed by atoms with Crippen LogP contribution in [-0.4, -0.2) is 6.54 Å².